The smallest absolute Gasteiger partial charge is 0.318 e. The number of likely N-dealkylation sites (tertiary alicyclic amines) is 1. The molecule has 0 N–H and O–H groups in total. The zero-order valence-corrected chi connectivity index (χ0v) is 19.0. The molecule has 8 heteroatoms. The topological polar surface area (TPSA) is 68.5 Å². The van der Waals surface area contributed by atoms with Gasteiger partial charge in [-0.3, -0.25) is 0 Å². The van der Waals surface area contributed by atoms with Gasteiger partial charge in [0.2, 0.25) is 0 Å². The van der Waals surface area contributed by atoms with Crippen molar-refractivity contribution in [3.05, 3.63) is 52.7 Å². The number of hydrogen-bond donors (Lipinski definition) is 0. The van der Waals surface area contributed by atoms with Gasteiger partial charge in [0.15, 0.2) is 6.19 Å². The van der Waals surface area contributed by atoms with Crippen molar-refractivity contribution in [3.63, 3.8) is 0 Å². The van der Waals surface area contributed by atoms with Gasteiger partial charge >= 0.3 is 6.01 Å². The SMILES string of the molecule is COc1nc2c(c(N(C)C3CCN(C#N)C3)n1)CCN(c1cccc3cccc(Cl)c13)C2. The summed E-state index contributed by atoms with van der Waals surface area (Å²) in [6.45, 7) is 3.01. The van der Waals surface area contributed by atoms with Crippen LogP contribution in [-0.2, 0) is 13.0 Å². The summed E-state index contributed by atoms with van der Waals surface area (Å²) in [5.41, 5.74) is 3.25. The van der Waals surface area contributed by atoms with Crippen molar-refractivity contribution in [1.29, 1.82) is 5.26 Å². The lowest BCUT2D eigenvalue weighted by atomic mass is 10.0. The molecule has 0 aliphatic carbocycles. The number of ether oxygens (including phenoxy) is 1. The van der Waals surface area contributed by atoms with Crippen molar-refractivity contribution in [2.45, 2.75) is 25.4 Å². The van der Waals surface area contributed by atoms with Crippen molar-refractivity contribution >= 4 is 33.9 Å². The first kappa shape index (κ1) is 20.7. The zero-order valence-electron chi connectivity index (χ0n) is 18.3. The van der Waals surface area contributed by atoms with E-state index in [9.17, 15) is 5.26 Å². The van der Waals surface area contributed by atoms with E-state index < -0.39 is 0 Å². The second-order valence-electron chi connectivity index (χ2n) is 8.35. The highest BCUT2D eigenvalue weighted by Crippen LogP contribution is 2.37. The van der Waals surface area contributed by atoms with Gasteiger partial charge in [0, 0.05) is 43.3 Å². The number of aromatic nitrogens is 2. The van der Waals surface area contributed by atoms with Crippen LogP contribution in [0.15, 0.2) is 36.4 Å². The Bertz CT molecular complexity index is 1200. The molecule has 0 spiro atoms. The Kier molecular flexibility index (Phi) is 5.40. The third-order valence-electron chi connectivity index (χ3n) is 6.56. The molecule has 164 valence electrons. The molecule has 1 fully saturated rings. The van der Waals surface area contributed by atoms with E-state index in [1.165, 1.54) is 0 Å². The molecule has 7 nitrogen and oxygen atoms in total. The van der Waals surface area contributed by atoms with Crippen molar-refractivity contribution in [1.82, 2.24) is 14.9 Å². The molecule has 3 heterocycles. The van der Waals surface area contributed by atoms with Gasteiger partial charge in [-0.2, -0.15) is 15.2 Å². The summed E-state index contributed by atoms with van der Waals surface area (Å²) in [6.07, 6.45) is 4.02. The van der Waals surface area contributed by atoms with Crippen LogP contribution < -0.4 is 14.5 Å². The van der Waals surface area contributed by atoms with Crippen LogP contribution in [0.4, 0.5) is 11.5 Å². The Morgan fingerprint density at radius 2 is 2.00 bits per heavy atom. The summed E-state index contributed by atoms with van der Waals surface area (Å²) in [5, 5.41) is 12.2. The van der Waals surface area contributed by atoms with Crippen molar-refractivity contribution in [2.24, 2.45) is 0 Å². The maximum Gasteiger partial charge on any atom is 0.318 e. The minimum Gasteiger partial charge on any atom is -0.467 e. The third kappa shape index (κ3) is 3.55. The maximum absolute atomic E-state index is 9.24. The molecule has 0 bridgehead atoms. The molecule has 5 rings (SSSR count). The summed E-state index contributed by atoms with van der Waals surface area (Å²) in [6, 6.07) is 12.9. The van der Waals surface area contributed by atoms with E-state index in [1.807, 2.05) is 12.1 Å². The molecule has 3 aromatic rings. The quantitative estimate of drug-likeness (QED) is 0.561. The van der Waals surface area contributed by atoms with Crippen LogP contribution in [0, 0.1) is 11.5 Å². The first-order valence-corrected chi connectivity index (χ1v) is 11.2. The zero-order chi connectivity index (χ0) is 22.2. The number of benzene rings is 2. The molecular weight excluding hydrogens is 424 g/mol. The number of methoxy groups -OCH3 is 1. The number of nitriles is 1. The number of hydrogen-bond acceptors (Lipinski definition) is 7. The Hall–Kier alpha value is -3.24. The van der Waals surface area contributed by atoms with Crippen LogP contribution in [0.5, 0.6) is 6.01 Å². The molecule has 1 saturated heterocycles. The van der Waals surface area contributed by atoms with E-state index in [-0.39, 0.29) is 6.04 Å². The summed E-state index contributed by atoms with van der Waals surface area (Å²) in [4.78, 5) is 15.8. The van der Waals surface area contributed by atoms with Crippen molar-refractivity contribution in [2.75, 3.05) is 43.6 Å². The van der Waals surface area contributed by atoms with E-state index in [0.717, 1.165) is 64.5 Å². The monoisotopic (exact) mass is 448 g/mol. The molecule has 32 heavy (non-hydrogen) atoms. The Morgan fingerprint density at radius 3 is 2.75 bits per heavy atom. The highest BCUT2D eigenvalue weighted by Gasteiger charge is 2.31. The summed E-state index contributed by atoms with van der Waals surface area (Å²) in [5.74, 6) is 0.909. The number of likely N-dealkylation sites (N-methyl/N-ethyl adjacent to an activating group) is 1. The molecule has 0 saturated carbocycles. The predicted molar refractivity (Wildman–Crippen MR) is 126 cm³/mol. The lowest BCUT2D eigenvalue weighted by molar-refractivity contribution is 0.376. The molecule has 1 aromatic heterocycles. The van der Waals surface area contributed by atoms with E-state index in [4.69, 9.17) is 26.3 Å². The number of rotatable bonds is 4. The molecule has 0 amide bonds. The molecule has 2 aliphatic rings. The van der Waals surface area contributed by atoms with E-state index in [1.54, 1.807) is 12.0 Å². The van der Waals surface area contributed by atoms with Crippen LogP contribution in [0.25, 0.3) is 10.8 Å². The fourth-order valence-electron chi connectivity index (χ4n) is 4.84. The van der Waals surface area contributed by atoms with Gasteiger partial charge in [0.05, 0.1) is 30.4 Å². The number of nitrogens with zero attached hydrogens (tertiary/aromatic N) is 6. The lowest BCUT2D eigenvalue weighted by Gasteiger charge is -2.34. The summed E-state index contributed by atoms with van der Waals surface area (Å²) >= 11 is 6.59. The van der Waals surface area contributed by atoms with Gasteiger partial charge in [-0.15, -0.1) is 0 Å². The minimum absolute atomic E-state index is 0.244. The van der Waals surface area contributed by atoms with E-state index >= 15 is 0 Å². The first-order valence-electron chi connectivity index (χ1n) is 10.8. The second-order valence-corrected chi connectivity index (χ2v) is 8.75. The van der Waals surface area contributed by atoms with Crippen LogP contribution in [0.3, 0.4) is 0 Å². The fourth-order valence-corrected chi connectivity index (χ4v) is 5.12. The molecule has 0 radical (unpaired) electrons. The average Bonchev–Trinajstić information content (AvgIpc) is 3.32. The molecule has 1 unspecified atom stereocenters. The molecule has 2 aromatic carbocycles. The van der Waals surface area contributed by atoms with Gasteiger partial charge in [0.25, 0.3) is 0 Å². The summed E-state index contributed by atoms with van der Waals surface area (Å²) in [7, 11) is 3.66. The number of anilines is 2. The minimum atomic E-state index is 0.244. The van der Waals surface area contributed by atoms with Gasteiger partial charge in [-0.05, 0) is 30.4 Å². The number of fused-ring (bicyclic) bond motifs is 2. The van der Waals surface area contributed by atoms with Crippen molar-refractivity contribution in [3.8, 4) is 12.2 Å². The van der Waals surface area contributed by atoms with Gasteiger partial charge in [-0.25, -0.2) is 0 Å². The summed E-state index contributed by atoms with van der Waals surface area (Å²) < 4.78 is 5.46. The standard InChI is InChI=1S/C24H25ClN6O/c1-29(17-9-11-30(13-17)15-26)23-18-10-12-31(14-20(18)27-24(28-23)32-2)21-8-4-6-16-5-3-7-19(25)22(16)21/h3-8,17H,9-14H2,1-2H3. The molecular formula is C24H25ClN6O. The highest BCUT2D eigenvalue weighted by molar-refractivity contribution is 6.36. The highest BCUT2D eigenvalue weighted by atomic mass is 35.5. The van der Waals surface area contributed by atoms with Gasteiger partial charge < -0.3 is 19.4 Å². The lowest BCUT2D eigenvalue weighted by Crippen LogP contribution is -2.38. The second kappa shape index (κ2) is 8.36. The van der Waals surface area contributed by atoms with E-state index in [2.05, 4.69) is 47.3 Å². The predicted octanol–water partition coefficient (Wildman–Crippen LogP) is 3.85. The Labute approximate surface area is 192 Å². The van der Waals surface area contributed by atoms with Gasteiger partial charge in [-0.1, -0.05) is 35.9 Å². The average molecular weight is 449 g/mol. The Morgan fingerprint density at radius 1 is 1.19 bits per heavy atom. The normalized spacial score (nSPS) is 17.9. The molecule has 2 aliphatic heterocycles. The maximum atomic E-state index is 9.24. The third-order valence-corrected chi connectivity index (χ3v) is 6.88. The Balaban J connectivity index is 1.51. The van der Waals surface area contributed by atoms with Crippen molar-refractivity contribution < 1.29 is 4.74 Å². The number of halogens is 1. The van der Waals surface area contributed by atoms with Crippen LogP contribution in [0.1, 0.15) is 17.7 Å². The van der Waals surface area contributed by atoms with Crippen LogP contribution in [0.2, 0.25) is 5.02 Å². The van der Waals surface area contributed by atoms with Crippen LogP contribution >= 0.6 is 11.6 Å². The van der Waals surface area contributed by atoms with Gasteiger partial charge in [0.1, 0.15) is 5.82 Å². The van der Waals surface area contributed by atoms with E-state index in [0.29, 0.717) is 19.1 Å². The molecule has 1 atom stereocenters. The van der Waals surface area contributed by atoms with Crippen LogP contribution in [-0.4, -0.2) is 54.7 Å². The fraction of sp³-hybridized carbons (Fsp3) is 0.375. The first-order chi connectivity index (χ1) is 15.6. The largest absolute Gasteiger partial charge is 0.467 e.